The number of benzene rings is 1. The Morgan fingerprint density at radius 2 is 1.85 bits per heavy atom. The summed E-state index contributed by atoms with van der Waals surface area (Å²) in [6.07, 6.45) is -4.02. The molecule has 3 nitrogen and oxygen atoms in total. The maximum Gasteiger partial charge on any atom is 0.418 e. The van der Waals surface area contributed by atoms with E-state index in [4.69, 9.17) is 10.8 Å². The Hall–Kier alpha value is -1.43. The molecule has 1 aromatic carbocycles. The highest BCUT2D eigenvalue weighted by Crippen LogP contribution is 2.36. The second-order valence-corrected chi connectivity index (χ2v) is 5.88. The van der Waals surface area contributed by atoms with Crippen LogP contribution in [0.2, 0.25) is 0 Å². The van der Waals surface area contributed by atoms with Crippen molar-refractivity contribution in [3.05, 3.63) is 23.8 Å². The molecule has 0 aliphatic carbocycles. The molecule has 1 atom stereocenters. The average Bonchev–Trinajstić information content (AvgIpc) is 2.28. The number of hydrogen-bond acceptors (Lipinski definition) is 3. The van der Waals surface area contributed by atoms with Crippen LogP contribution in [0.4, 0.5) is 24.5 Å². The third kappa shape index (κ3) is 4.30. The summed E-state index contributed by atoms with van der Waals surface area (Å²) in [6, 6.07) is 3.62. The Bertz CT molecular complexity index is 453. The minimum Gasteiger partial charge on any atom is -0.398 e. The van der Waals surface area contributed by atoms with Crippen LogP contribution < -0.4 is 11.1 Å². The predicted molar refractivity (Wildman–Crippen MR) is 74.4 cm³/mol. The molecule has 0 spiro atoms. The van der Waals surface area contributed by atoms with Crippen molar-refractivity contribution in [2.75, 3.05) is 17.7 Å². The SMILES string of the molecule is CC(C)(C)C(CCO)Nc1ccc(N)c(C(F)(F)F)c1. The molecule has 114 valence electrons. The third-order valence-electron chi connectivity index (χ3n) is 3.16. The van der Waals surface area contributed by atoms with Crippen molar-refractivity contribution in [2.24, 2.45) is 5.41 Å². The lowest BCUT2D eigenvalue weighted by Crippen LogP contribution is -2.35. The van der Waals surface area contributed by atoms with Crippen LogP contribution in [0.3, 0.4) is 0 Å². The van der Waals surface area contributed by atoms with Gasteiger partial charge in [-0.2, -0.15) is 13.2 Å². The van der Waals surface area contributed by atoms with Crippen molar-refractivity contribution < 1.29 is 18.3 Å². The molecule has 0 saturated heterocycles. The van der Waals surface area contributed by atoms with Crippen molar-refractivity contribution in [3.8, 4) is 0 Å². The molecule has 0 radical (unpaired) electrons. The van der Waals surface area contributed by atoms with E-state index in [1.54, 1.807) is 0 Å². The van der Waals surface area contributed by atoms with E-state index in [1.807, 2.05) is 20.8 Å². The Morgan fingerprint density at radius 1 is 1.25 bits per heavy atom. The summed E-state index contributed by atoms with van der Waals surface area (Å²) in [5, 5.41) is 12.1. The number of hydrogen-bond donors (Lipinski definition) is 3. The van der Waals surface area contributed by atoms with Crippen LogP contribution in [0, 0.1) is 5.41 Å². The van der Waals surface area contributed by atoms with Gasteiger partial charge in [0.2, 0.25) is 0 Å². The molecule has 0 saturated carbocycles. The first kappa shape index (κ1) is 16.6. The molecule has 0 aromatic heterocycles. The Balaban J connectivity index is 3.03. The van der Waals surface area contributed by atoms with Gasteiger partial charge < -0.3 is 16.2 Å². The third-order valence-corrected chi connectivity index (χ3v) is 3.16. The summed E-state index contributed by atoms with van der Waals surface area (Å²) >= 11 is 0. The largest absolute Gasteiger partial charge is 0.418 e. The van der Waals surface area contributed by atoms with Crippen molar-refractivity contribution in [1.29, 1.82) is 0 Å². The molecular formula is C14H21F3N2O. The molecule has 0 heterocycles. The number of aliphatic hydroxyl groups is 1. The fourth-order valence-electron chi connectivity index (χ4n) is 1.94. The number of nitrogens with two attached hydrogens (primary N) is 1. The highest BCUT2D eigenvalue weighted by molar-refractivity contribution is 5.58. The molecule has 1 aromatic rings. The molecule has 1 unspecified atom stereocenters. The van der Waals surface area contributed by atoms with Crippen molar-refractivity contribution in [3.63, 3.8) is 0 Å². The van der Waals surface area contributed by atoms with Gasteiger partial charge in [0.15, 0.2) is 0 Å². The van der Waals surface area contributed by atoms with Gasteiger partial charge in [0.25, 0.3) is 0 Å². The van der Waals surface area contributed by atoms with Gasteiger partial charge in [0.1, 0.15) is 0 Å². The highest BCUT2D eigenvalue weighted by Gasteiger charge is 2.33. The first-order valence-corrected chi connectivity index (χ1v) is 6.40. The molecule has 20 heavy (non-hydrogen) atoms. The van der Waals surface area contributed by atoms with Crippen LogP contribution in [0.5, 0.6) is 0 Å². The van der Waals surface area contributed by atoms with Gasteiger partial charge in [0, 0.05) is 24.0 Å². The van der Waals surface area contributed by atoms with Crippen molar-refractivity contribution in [1.82, 2.24) is 0 Å². The van der Waals surface area contributed by atoms with Gasteiger partial charge in [0.05, 0.1) is 5.56 Å². The van der Waals surface area contributed by atoms with Gasteiger partial charge in [-0.1, -0.05) is 20.8 Å². The average molecular weight is 290 g/mol. The van der Waals surface area contributed by atoms with E-state index in [0.717, 1.165) is 6.07 Å². The molecule has 4 N–H and O–H groups in total. The maximum atomic E-state index is 12.8. The van der Waals surface area contributed by atoms with Crippen LogP contribution in [-0.4, -0.2) is 17.8 Å². The fourth-order valence-corrected chi connectivity index (χ4v) is 1.94. The standard InChI is InChI=1S/C14H21F3N2O/c1-13(2,3)12(6-7-20)19-9-4-5-11(18)10(8-9)14(15,16)17/h4-5,8,12,19-20H,6-7,18H2,1-3H3. The monoisotopic (exact) mass is 290 g/mol. The van der Waals surface area contributed by atoms with E-state index >= 15 is 0 Å². The lowest BCUT2D eigenvalue weighted by molar-refractivity contribution is -0.136. The summed E-state index contributed by atoms with van der Waals surface area (Å²) in [5.74, 6) is 0. The maximum absolute atomic E-state index is 12.8. The molecule has 0 aliphatic rings. The van der Waals surface area contributed by atoms with Crippen molar-refractivity contribution >= 4 is 11.4 Å². The Kier molecular flexibility index (Phi) is 4.91. The first-order chi connectivity index (χ1) is 9.05. The van der Waals surface area contributed by atoms with Crippen LogP contribution in [0.1, 0.15) is 32.8 Å². The van der Waals surface area contributed by atoms with E-state index in [1.165, 1.54) is 12.1 Å². The van der Waals surface area contributed by atoms with E-state index < -0.39 is 11.7 Å². The highest BCUT2D eigenvalue weighted by atomic mass is 19.4. The zero-order valence-corrected chi connectivity index (χ0v) is 11.9. The van der Waals surface area contributed by atoms with Crippen LogP contribution in [-0.2, 0) is 6.18 Å². The van der Waals surface area contributed by atoms with E-state index in [0.29, 0.717) is 12.1 Å². The number of nitrogen functional groups attached to an aromatic ring is 1. The van der Waals surface area contributed by atoms with Gasteiger partial charge in [-0.15, -0.1) is 0 Å². The second kappa shape index (κ2) is 5.91. The lowest BCUT2D eigenvalue weighted by atomic mass is 9.84. The van der Waals surface area contributed by atoms with Gasteiger partial charge in [-0.3, -0.25) is 0 Å². The normalized spacial score (nSPS) is 14.2. The molecule has 1 rings (SSSR count). The lowest BCUT2D eigenvalue weighted by Gasteiger charge is -2.32. The molecule has 0 amide bonds. The number of rotatable bonds is 4. The van der Waals surface area contributed by atoms with Crippen molar-refractivity contribution in [2.45, 2.75) is 39.4 Å². The van der Waals surface area contributed by atoms with Crippen LogP contribution in [0.25, 0.3) is 0 Å². The number of anilines is 2. The van der Waals surface area contributed by atoms with E-state index in [-0.39, 0.29) is 23.8 Å². The summed E-state index contributed by atoms with van der Waals surface area (Å²) in [6.45, 7) is 5.85. The Labute approximate surface area is 117 Å². The molecule has 0 bridgehead atoms. The first-order valence-electron chi connectivity index (χ1n) is 6.40. The summed E-state index contributed by atoms with van der Waals surface area (Å²) in [4.78, 5) is 0. The van der Waals surface area contributed by atoms with E-state index in [9.17, 15) is 13.2 Å². The summed E-state index contributed by atoms with van der Waals surface area (Å²) in [7, 11) is 0. The number of aliphatic hydroxyl groups excluding tert-OH is 1. The molecular weight excluding hydrogens is 269 g/mol. The molecule has 0 fully saturated rings. The Morgan fingerprint density at radius 3 is 2.30 bits per heavy atom. The topological polar surface area (TPSA) is 58.3 Å². The molecule has 6 heteroatoms. The number of nitrogens with one attached hydrogen (secondary N) is 1. The smallest absolute Gasteiger partial charge is 0.398 e. The minimum absolute atomic E-state index is 0.0317. The predicted octanol–water partition coefficient (Wildman–Crippen LogP) is 3.50. The second-order valence-electron chi connectivity index (χ2n) is 5.88. The molecule has 0 aliphatic heterocycles. The zero-order chi connectivity index (χ0) is 15.6. The number of alkyl halides is 3. The quantitative estimate of drug-likeness (QED) is 0.744. The summed E-state index contributed by atoms with van der Waals surface area (Å²) < 4.78 is 38.4. The van der Waals surface area contributed by atoms with Gasteiger partial charge >= 0.3 is 6.18 Å². The van der Waals surface area contributed by atoms with Crippen LogP contribution >= 0.6 is 0 Å². The minimum atomic E-state index is -4.48. The number of halogens is 3. The van der Waals surface area contributed by atoms with E-state index in [2.05, 4.69) is 5.32 Å². The summed E-state index contributed by atoms with van der Waals surface area (Å²) in [5.41, 5.74) is 4.38. The fraction of sp³-hybridized carbons (Fsp3) is 0.571. The van der Waals surface area contributed by atoms with Crippen LogP contribution in [0.15, 0.2) is 18.2 Å². The van der Waals surface area contributed by atoms with Gasteiger partial charge in [-0.25, -0.2) is 0 Å². The van der Waals surface area contributed by atoms with Gasteiger partial charge in [-0.05, 0) is 30.0 Å². The zero-order valence-electron chi connectivity index (χ0n) is 11.9.